The molecule has 1 amide bonds. The molecule has 38 heavy (non-hydrogen) atoms. The van der Waals surface area contributed by atoms with Gasteiger partial charge in [0.2, 0.25) is 6.41 Å². The summed E-state index contributed by atoms with van der Waals surface area (Å²) in [7, 11) is 1.75. The number of nitrogens with one attached hydrogen (secondary N) is 2. The van der Waals surface area contributed by atoms with Crippen molar-refractivity contribution >= 4 is 29.5 Å². The normalized spacial score (nSPS) is 25.6. The smallest absolute Gasteiger partial charge is 0.211 e. The number of methoxy groups -OCH3 is 1. The Morgan fingerprint density at radius 2 is 2.00 bits per heavy atom. The molecule has 2 N–H and O–H groups in total. The molecule has 0 bridgehead atoms. The molecule has 2 heterocycles. The second-order valence-electron chi connectivity index (χ2n) is 10.4. The lowest BCUT2D eigenvalue weighted by Gasteiger charge is -2.26. The summed E-state index contributed by atoms with van der Waals surface area (Å²) in [6, 6.07) is 15.4. The summed E-state index contributed by atoms with van der Waals surface area (Å²) in [4.78, 5) is 13.3. The molecule has 6 rings (SSSR count). The van der Waals surface area contributed by atoms with Crippen LogP contribution in [0, 0.1) is 11.8 Å². The van der Waals surface area contributed by atoms with Gasteiger partial charge in [0.25, 0.3) is 0 Å². The van der Waals surface area contributed by atoms with Crippen LogP contribution in [0.25, 0.3) is 23.1 Å². The first-order valence-corrected chi connectivity index (χ1v) is 13.4. The number of aromatic nitrogens is 2. The molecule has 196 valence electrons. The molecule has 1 aliphatic heterocycles. The number of amides is 1. The van der Waals surface area contributed by atoms with Crippen LogP contribution in [-0.2, 0) is 20.8 Å². The minimum absolute atomic E-state index is 0.0308. The number of nitrogens with zero attached hydrogens (tertiary/aromatic N) is 2. The van der Waals surface area contributed by atoms with Crippen molar-refractivity contribution in [2.24, 2.45) is 11.8 Å². The number of carbonyl (C=O) groups is 1. The molecule has 3 aromatic rings. The van der Waals surface area contributed by atoms with Gasteiger partial charge in [0.05, 0.1) is 30.5 Å². The van der Waals surface area contributed by atoms with E-state index in [1.54, 1.807) is 7.11 Å². The standard InChI is InChI=1S/C31H34N4O3/c1-37-31-11-8-24(32-20-36)17-28(31)27-18-26(27)23-7-9-25-29(33-34-30(25)16-23)10-6-21-2-4-22(5-3-21)19-35-12-14-38-15-13-35/h2-11,16-17,20,26-28,31H,12-15,18-19H2,1H3,(H,32,36)(H,33,34)/b10-6+/t26-,27-,28?,31?/m0/s1. The number of carbonyl (C=O) groups excluding carboxylic acids is 1. The molecule has 0 radical (unpaired) electrons. The lowest BCUT2D eigenvalue weighted by atomic mass is 9.89. The average molecular weight is 511 g/mol. The predicted octanol–water partition coefficient (Wildman–Crippen LogP) is 4.50. The fraction of sp³-hybridized carbons (Fsp3) is 0.355. The summed E-state index contributed by atoms with van der Waals surface area (Å²) in [6.45, 7) is 4.62. The molecule has 1 saturated carbocycles. The number of allylic oxidation sites excluding steroid dienone is 1. The first kappa shape index (κ1) is 24.8. The molecular formula is C31H34N4O3. The van der Waals surface area contributed by atoms with Gasteiger partial charge >= 0.3 is 0 Å². The molecule has 4 atom stereocenters. The first-order chi connectivity index (χ1) is 18.7. The highest BCUT2D eigenvalue weighted by molar-refractivity contribution is 5.89. The minimum Gasteiger partial charge on any atom is -0.379 e. The van der Waals surface area contributed by atoms with Crippen molar-refractivity contribution in [2.45, 2.75) is 25.0 Å². The molecule has 3 aliphatic rings. The minimum atomic E-state index is 0.0308. The van der Waals surface area contributed by atoms with Crippen LogP contribution >= 0.6 is 0 Å². The first-order valence-electron chi connectivity index (χ1n) is 13.4. The van der Waals surface area contributed by atoms with Crippen LogP contribution in [0.2, 0.25) is 0 Å². The molecule has 7 heteroatoms. The highest BCUT2D eigenvalue weighted by Gasteiger charge is 2.46. The van der Waals surface area contributed by atoms with Gasteiger partial charge in [-0.3, -0.25) is 14.8 Å². The third-order valence-electron chi connectivity index (χ3n) is 8.02. The third-order valence-corrected chi connectivity index (χ3v) is 8.02. The van der Waals surface area contributed by atoms with E-state index >= 15 is 0 Å². The second-order valence-corrected chi connectivity index (χ2v) is 10.4. The molecule has 0 spiro atoms. The van der Waals surface area contributed by atoms with Crippen LogP contribution in [0.1, 0.15) is 34.7 Å². The summed E-state index contributed by atoms with van der Waals surface area (Å²) < 4.78 is 11.2. The number of hydrogen-bond donors (Lipinski definition) is 2. The number of rotatable bonds is 9. The highest BCUT2D eigenvalue weighted by Crippen LogP contribution is 2.54. The van der Waals surface area contributed by atoms with E-state index in [0.29, 0.717) is 11.8 Å². The Hall–Kier alpha value is -3.52. The van der Waals surface area contributed by atoms with Crippen molar-refractivity contribution in [2.75, 3.05) is 33.4 Å². The number of ether oxygens (including phenoxy) is 2. The maximum atomic E-state index is 10.9. The van der Waals surface area contributed by atoms with Gasteiger partial charge in [-0.1, -0.05) is 54.6 Å². The van der Waals surface area contributed by atoms with Gasteiger partial charge in [0, 0.05) is 43.7 Å². The molecule has 7 nitrogen and oxygen atoms in total. The van der Waals surface area contributed by atoms with Crippen LogP contribution < -0.4 is 5.32 Å². The molecule has 2 unspecified atom stereocenters. The van der Waals surface area contributed by atoms with Gasteiger partial charge in [-0.25, -0.2) is 0 Å². The molecule has 1 saturated heterocycles. The Kier molecular flexibility index (Phi) is 7.22. The third kappa shape index (κ3) is 5.36. The van der Waals surface area contributed by atoms with Crippen molar-refractivity contribution in [1.82, 2.24) is 20.4 Å². The summed E-state index contributed by atoms with van der Waals surface area (Å²) in [6.07, 6.45) is 12.2. The van der Waals surface area contributed by atoms with E-state index in [0.717, 1.165) is 73.5 Å². The van der Waals surface area contributed by atoms with E-state index in [2.05, 4.69) is 81.1 Å². The summed E-state index contributed by atoms with van der Waals surface area (Å²) in [5.41, 5.74) is 6.65. The van der Waals surface area contributed by atoms with Crippen LogP contribution in [-0.4, -0.2) is 61.0 Å². The Morgan fingerprint density at radius 1 is 1.16 bits per heavy atom. The zero-order chi connectivity index (χ0) is 25.9. The number of benzene rings is 2. The Labute approximate surface area is 223 Å². The quantitative estimate of drug-likeness (QED) is 0.415. The largest absolute Gasteiger partial charge is 0.379 e. The van der Waals surface area contributed by atoms with Crippen LogP contribution in [0.15, 0.2) is 66.4 Å². The maximum absolute atomic E-state index is 10.9. The second kappa shape index (κ2) is 11.1. The molecule has 1 aromatic heterocycles. The Morgan fingerprint density at radius 3 is 2.79 bits per heavy atom. The Bertz CT molecular complexity index is 1370. The lowest BCUT2D eigenvalue weighted by molar-refractivity contribution is -0.108. The number of morpholine rings is 1. The predicted molar refractivity (Wildman–Crippen MR) is 149 cm³/mol. The van der Waals surface area contributed by atoms with Gasteiger partial charge in [-0.05, 0) is 53.2 Å². The molecule has 2 aromatic carbocycles. The van der Waals surface area contributed by atoms with Crippen molar-refractivity contribution < 1.29 is 14.3 Å². The van der Waals surface area contributed by atoms with E-state index in [1.165, 1.54) is 11.1 Å². The monoisotopic (exact) mass is 510 g/mol. The van der Waals surface area contributed by atoms with Crippen molar-refractivity contribution in [3.05, 3.63) is 88.8 Å². The van der Waals surface area contributed by atoms with E-state index in [-0.39, 0.29) is 12.0 Å². The summed E-state index contributed by atoms with van der Waals surface area (Å²) >= 11 is 0. The van der Waals surface area contributed by atoms with Crippen LogP contribution in [0.3, 0.4) is 0 Å². The Balaban J connectivity index is 1.12. The number of fused-ring (bicyclic) bond motifs is 1. The van der Waals surface area contributed by atoms with Gasteiger partial charge in [0.1, 0.15) is 0 Å². The van der Waals surface area contributed by atoms with Gasteiger partial charge in [0.15, 0.2) is 0 Å². The van der Waals surface area contributed by atoms with Crippen molar-refractivity contribution in [1.29, 1.82) is 0 Å². The molecular weight excluding hydrogens is 476 g/mol. The zero-order valence-electron chi connectivity index (χ0n) is 21.7. The fourth-order valence-corrected chi connectivity index (χ4v) is 5.82. The zero-order valence-corrected chi connectivity index (χ0v) is 21.7. The topological polar surface area (TPSA) is 79.5 Å². The number of H-pyrrole nitrogens is 1. The highest BCUT2D eigenvalue weighted by atomic mass is 16.5. The van der Waals surface area contributed by atoms with E-state index in [9.17, 15) is 4.79 Å². The van der Waals surface area contributed by atoms with Gasteiger partial charge in [-0.15, -0.1) is 0 Å². The molecule has 2 fully saturated rings. The van der Waals surface area contributed by atoms with Crippen molar-refractivity contribution in [3.8, 4) is 0 Å². The maximum Gasteiger partial charge on any atom is 0.211 e. The van der Waals surface area contributed by atoms with Gasteiger partial charge in [-0.2, -0.15) is 5.10 Å². The van der Waals surface area contributed by atoms with Crippen molar-refractivity contribution in [3.63, 3.8) is 0 Å². The fourth-order valence-electron chi connectivity index (χ4n) is 5.82. The van der Waals surface area contributed by atoms with E-state index in [4.69, 9.17) is 9.47 Å². The van der Waals surface area contributed by atoms with E-state index in [1.807, 2.05) is 12.2 Å². The van der Waals surface area contributed by atoms with Crippen LogP contribution in [0.5, 0.6) is 0 Å². The number of hydrogen-bond acceptors (Lipinski definition) is 5. The SMILES string of the molecule is COC1C=CC(NC=O)=CC1[C@H]1C[C@H]1c1ccc2c(/C=C/c3ccc(CN4CCOCC4)cc3)n[nH]c2c1. The molecule has 2 aliphatic carbocycles. The number of aromatic amines is 1. The van der Waals surface area contributed by atoms with Crippen LogP contribution in [0.4, 0.5) is 0 Å². The summed E-state index contributed by atoms with van der Waals surface area (Å²) in [5, 5.41) is 11.7. The van der Waals surface area contributed by atoms with Gasteiger partial charge < -0.3 is 14.8 Å². The van der Waals surface area contributed by atoms with E-state index < -0.39 is 0 Å². The lowest BCUT2D eigenvalue weighted by Crippen LogP contribution is -2.35. The average Bonchev–Trinajstić information content (AvgIpc) is 3.66. The summed E-state index contributed by atoms with van der Waals surface area (Å²) in [5.74, 6) is 1.20.